The summed E-state index contributed by atoms with van der Waals surface area (Å²) in [5, 5.41) is 2.44. The fraction of sp³-hybridized carbons (Fsp3) is 0.273. The third kappa shape index (κ3) is 5.86. The van der Waals surface area contributed by atoms with Crippen LogP contribution in [0.3, 0.4) is 0 Å². The molecule has 13 heteroatoms. The first-order valence-electron chi connectivity index (χ1n) is 10.1. The number of alkyl halides is 3. The average Bonchev–Trinajstić information content (AvgIpc) is 2.98. The van der Waals surface area contributed by atoms with Crippen LogP contribution < -0.4 is 20.7 Å². The molecule has 186 valence electrons. The Balaban J connectivity index is 1.80. The molecule has 0 spiro atoms. The highest BCUT2D eigenvalue weighted by Crippen LogP contribution is 2.31. The normalized spacial score (nSPS) is 17.8. The summed E-state index contributed by atoms with van der Waals surface area (Å²) in [4.78, 5) is 51.6. The topological polar surface area (TPSA) is 122 Å². The third-order valence-corrected chi connectivity index (χ3v) is 5.25. The van der Waals surface area contributed by atoms with Crippen molar-refractivity contribution in [2.75, 3.05) is 18.0 Å². The molecule has 0 aromatic heterocycles. The van der Waals surface area contributed by atoms with Gasteiger partial charge in [-0.2, -0.15) is 0 Å². The number of ether oxygens (including phenoxy) is 1. The lowest BCUT2D eigenvalue weighted by Crippen LogP contribution is -2.45. The van der Waals surface area contributed by atoms with E-state index in [1.165, 1.54) is 31.2 Å². The molecular formula is C22H20F4N4O5. The van der Waals surface area contributed by atoms with Crippen LogP contribution in [0.2, 0.25) is 0 Å². The molecule has 2 aromatic rings. The van der Waals surface area contributed by atoms with Crippen LogP contribution in [0.1, 0.15) is 18.9 Å². The molecule has 35 heavy (non-hydrogen) atoms. The molecule has 1 unspecified atom stereocenters. The number of hydrogen-bond donors (Lipinski definition) is 2. The summed E-state index contributed by atoms with van der Waals surface area (Å²) in [6, 6.07) is 8.19. The standard InChI is InChI=1S/C22H20F4N4O5/c1-21(13-2-8-16(9-3-13)35-22(24,25)26)19(33)30(20(34)28-21)12-18(32)29(11-10-17(27)31)15-6-4-14(23)5-7-15/h2-9H,10-12H2,1H3,(H2,27,31)(H,28,34). The Morgan fingerprint density at radius 3 is 2.23 bits per heavy atom. The molecule has 3 N–H and O–H groups in total. The largest absolute Gasteiger partial charge is 0.573 e. The number of carbonyl (C=O) groups excluding carboxylic acids is 4. The highest BCUT2D eigenvalue weighted by molar-refractivity contribution is 6.10. The molecule has 0 radical (unpaired) electrons. The van der Waals surface area contributed by atoms with E-state index in [-0.39, 0.29) is 24.2 Å². The Bertz CT molecular complexity index is 1140. The van der Waals surface area contributed by atoms with E-state index in [9.17, 15) is 36.7 Å². The Morgan fingerprint density at radius 2 is 1.69 bits per heavy atom. The van der Waals surface area contributed by atoms with Crippen LogP contribution in [0.4, 0.5) is 28.0 Å². The van der Waals surface area contributed by atoms with Gasteiger partial charge in [-0.1, -0.05) is 12.1 Å². The molecular weight excluding hydrogens is 476 g/mol. The van der Waals surface area contributed by atoms with Crippen molar-refractivity contribution in [3.63, 3.8) is 0 Å². The number of urea groups is 1. The highest BCUT2D eigenvalue weighted by Gasteiger charge is 2.49. The Hall–Kier alpha value is -4.16. The summed E-state index contributed by atoms with van der Waals surface area (Å²) in [6.07, 6.45) is -5.13. The number of carbonyl (C=O) groups is 4. The second kappa shape index (κ2) is 9.60. The molecule has 0 aliphatic carbocycles. The van der Waals surface area contributed by atoms with Crippen molar-refractivity contribution in [1.82, 2.24) is 10.2 Å². The van der Waals surface area contributed by atoms with Crippen LogP contribution in [0.5, 0.6) is 5.75 Å². The van der Waals surface area contributed by atoms with Crippen LogP contribution in [0, 0.1) is 5.82 Å². The maximum absolute atomic E-state index is 13.3. The number of nitrogens with zero attached hydrogens (tertiary/aromatic N) is 2. The lowest BCUT2D eigenvalue weighted by atomic mass is 9.92. The van der Waals surface area contributed by atoms with Crippen molar-refractivity contribution in [1.29, 1.82) is 0 Å². The van der Waals surface area contributed by atoms with Gasteiger partial charge in [0.1, 0.15) is 23.7 Å². The number of halogens is 4. The van der Waals surface area contributed by atoms with Gasteiger partial charge in [-0.15, -0.1) is 13.2 Å². The predicted molar refractivity (Wildman–Crippen MR) is 113 cm³/mol. The molecule has 5 amide bonds. The summed E-state index contributed by atoms with van der Waals surface area (Å²) >= 11 is 0. The van der Waals surface area contributed by atoms with Gasteiger partial charge in [0.05, 0.1) is 0 Å². The van der Waals surface area contributed by atoms with Crippen molar-refractivity contribution in [2.24, 2.45) is 5.73 Å². The van der Waals surface area contributed by atoms with E-state index in [0.717, 1.165) is 29.2 Å². The first kappa shape index (κ1) is 25.5. The number of anilines is 1. The fourth-order valence-electron chi connectivity index (χ4n) is 3.49. The minimum atomic E-state index is -4.90. The third-order valence-electron chi connectivity index (χ3n) is 5.25. The second-order valence-electron chi connectivity index (χ2n) is 7.76. The average molecular weight is 496 g/mol. The summed E-state index contributed by atoms with van der Waals surface area (Å²) in [5.41, 5.74) is 3.87. The SMILES string of the molecule is CC1(c2ccc(OC(F)(F)F)cc2)NC(=O)N(CC(=O)N(CCC(N)=O)c2ccc(F)cc2)C1=O. The van der Waals surface area contributed by atoms with E-state index in [4.69, 9.17) is 5.73 Å². The maximum Gasteiger partial charge on any atom is 0.573 e. The molecule has 0 bridgehead atoms. The van der Waals surface area contributed by atoms with Gasteiger partial charge in [-0.25, -0.2) is 9.18 Å². The van der Waals surface area contributed by atoms with E-state index in [1.807, 2.05) is 0 Å². The fourth-order valence-corrected chi connectivity index (χ4v) is 3.49. The van der Waals surface area contributed by atoms with Crippen LogP contribution in [0.25, 0.3) is 0 Å². The van der Waals surface area contributed by atoms with Crippen molar-refractivity contribution < 1.29 is 41.5 Å². The van der Waals surface area contributed by atoms with Gasteiger partial charge < -0.3 is 20.7 Å². The van der Waals surface area contributed by atoms with Gasteiger partial charge in [0.25, 0.3) is 5.91 Å². The zero-order valence-electron chi connectivity index (χ0n) is 18.3. The molecule has 1 atom stereocenters. The Labute approximate surface area is 196 Å². The minimum Gasteiger partial charge on any atom is -0.406 e. The van der Waals surface area contributed by atoms with Crippen molar-refractivity contribution in [3.05, 3.63) is 59.9 Å². The molecule has 1 aliphatic heterocycles. The van der Waals surface area contributed by atoms with E-state index in [2.05, 4.69) is 10.1 Å². The van der Waals surface area contributed by atoms with Crippen LogP contribution in [-0.2, 0) is 19.9 Å². The molecule has 0 saturated carbocycles. The number of primary amides is 1. The lowest BCUT2D eigenvalue weighted by molar-refractivity contribution is -0.274. The first-order chi connectivity index (χ1) is 16.3. The lowest BCUT2D eigenvalue weighted by Gasteiger charge is -2.25. The maximum atomic E-state index is 13.3. The van der Waals surface area contributed by atoms with Gasteiger partial charge >= 0.3 is 12.4 Å². The van der Waals surface area contributed by atoms with E-state index < -0.39 is 53.8 Å². The van der Waals surface area contributed by atoms with Gasteiger partial charge in [-0.3, -0.25) is 19.3 Å². The predicted octanol–water partition coefficient (Wildman–Crippen LogP) is 2.40. The quantitative estimate of drug-likeness (QED) is 0.429. The highest BCUT2D eigenvalue weighted by atomic mass is 19.4. The molecule has 1 aliphatic rings. The van der Waals surface area contributed by atoms with Gasteiger partial charge in [0, 0.05) is 18.7 Å². The number of nitrogens with two attached hydrogens (primary N) is 1. The number of benzene rings is 2. The van der Waals surface area contributed by atoms with Crippen molar-refractivity contribution >= 4 is 29.4 Å². The van der Waals surface area contributed by atoms with Gasteiger partial charge in [0.15, 0.2) is 0 Å². The summed E-state index contributed by atoms with van der Waals surface area (Å²) < 4.78 is 54.3. The van der Waals surface area contributed by atoms with Gasteiger partial charge in [-0.05, 0) is 48.9 Å². The zero-order valence-corrected chi connectivity index (χ0v) is 18.3. The number of imide groups is 1. The monoisotopic (exact) mass is 496 g/mol. The Morgan fingerprint density at radius 1 is 1.09 bits per heavy atom. The summed E-state index contributed by atoms with van der Waals surface area (Å²) in [5.74, 6) is -3.36. The van der Waals surface area contributed by atoms with E-state index in [0.29, 0.717) is 4.90 Å². The first-order valence-corrected chi connectivity index (χ1v) is 10.1. The van der Waals surface area contributed by atoms with Gasteiger partial charge in [0.2, 0.25) is 11.8 Å². The van der Waals surface area contributed by atoms with Crippen LogP contribution in [0.15, 0.2) is 48.5 Å². The molecule has 1 heterocycles. The van der Waals surface area contributed by atoms with Crippen molar-refractivity contribution in [3.8, 4) is 5.75 Å². The zero-order chi connectivity index (χ0) is 26.0. The van der Waals surface area contributed by atoms with Crippen molar-refractivity contribution in [2.45, 2.75) is 25.2 Å². The summed E-state index contributed by atoms with van der Waals surface area (Å²) in [6.45, 7) is 0.440. The molecule has 1 saturated heterocycles. The molecule has 3 rings (SSSR count). The molecule has 2 aromatic carbocycles. The number of rotatable bonds is 8. The number of nitrogens with one attached hydrogen (secondary N) is 1. The molecule has 1 fully saturated rings. The van der Waals surface area contributed by atoms with Crippen LogP contribution >= 0.6 is 0 Å². The number of hydrogen-bond acceptors (Lipinski definition) is 5. The summed E-state index contributed by atoms with van der Waals surface area (Å²) in [7, 11) is 0. The van der Waals surface area contributed by atoms with Crippen LogP contribution in [-0.4, -0.2) is 48.1 Å². The van der Waals surface area contributed by atoms with E-state index >= 15 is 0 Å². The number of amides is 5. The Kier molecular flexibility index (Phi) is 6.99. The molecule has 9 nitrogen and oxygen atoms in total. The smallest absolute Gasteiger partial charge is 0.406 e. The second-order valence-corrected chi connectivity index (χ2v) is 7.76. The van der Waals surface area contributed by atoms with E-state index in [1.54, 1.807) is 0 Å². The minimum absolute atomic E-state index is 0.157.